The lowest BCUT2D eigenvalue weighted by atomic mass is 9.99. The molecule has 0 aromatic heterocycles. The van der Waals surface area contributed by atoms with Crippen molar-refractivity contribution in [1.82, 2.24) is 0 Å². The molecule has 0 aromatic carbocycles. The van der Waals surface area contributed by atoms with E-state index in [1.165, 1.54) is 161 Å². The number of rotatable bonds is 68. The average molecular weight is 1300 g/mol. The van der Waals surface area contributed by atoms with Crippen LogP contribution in [0.1, 0.15) is 350 Å². The molecule has 0 amide bonds. The number of carbonyl (C=O) groups excluding carboxylic acids is 4. The molecule has 3 unspecified atom stereocenters. The molecule has 0 heterocycles. The van der Waals surface area contributed by atoms with Crippen LogP contribution >= 0.6 is 15.6 Å². The molecule has 17 nitrogen and oxygen atoms in total. The minimum absolute atomic E-state index is 0.104. The van der Waals surface area contributed by atoms with E-state index in [0.29, 0.717) is 25.7 Å². The summed E-state index contributed by atoms with van der Waals surface area (Å²) in [5, 5.41) is 10.5. The van der Waals surface area contributed by atoms with Crippen molar-refractivity contribution in [3.8, 4) is 0 Å². The predicted octanol–water partition coefficient (Wildman–Crippen LogP) is 19.6. The van der Waals surface area contributed by atoms with E-state index in [0.717, 1.165) is 108 Å². The molecule has 6 atom stereocenters. The predicted molar refractivity (Wildman–Crippen MR) is 354 cm³/mol. The van der Waals surface area contributed by atoms with Crippen LogP contribution in [0.5, 0.6) is 0 Å². The van der Waals surface area contributed by atoms with E-state index in [4.69, 9.17) is 37.0 Å². The third-order valence-electron chi connectivity index (χ3n) is 16.3. The van der Waals surface area contributed by atoms with Gasteiger partial charge in [-0.2, -0.15) is 0 Å². The van der Waals surface area contributed by atoms with Gasteiger partial charge in [0.05, 0.1) is 26.4 Å². The normalized spacial score (nSPS) is 14.5. The minimum Gasteiger partial charge on any atom is -0.462 e. The van der Waals surface area contributed by atoms with Gasteiger partial charge >= 0.3 is 39.5 Å². The quantitative estimate of drug-likeness (QED) is 0.0222. The fourth-order valence-corrected chi connectivity index (χ4v) is 12.0. The Morgan fingerprint density at radius 1 is 0.330 bits per heavy atom. The fourth-order valence-electron chi connectivity index (χ4n) is 10.4. The van der Waals surface area contributed by atoms with E-state index in [9.17, 15) is 43.2 Å². The number of phosphoric acid groups is 2. The van der Waals surface area contributed by atoms with Crippen molar-refractivity contribution in [3.63, 3.8) is 0 Å². The van der Waals surface area contributed by atoms with E-state index < -0.39 is 97.5 Å². The molecule has 0 aliphatic heterocycles. The monoisotopic (exact) mass is 1300 g/mol. The zero-order chi connectivity index (χ0) is 65.0. The maximum Gasteiger partial charge on any atom is 0.472 e. The molecule has 88 heavy (non-hydrogen) atoms. The minimum atomic E-state index is -4.95. The fraction of sp³-hybridized carbons (Fsp3) is 0.942. The summed E-state index contributed by atoms with van der Waals surface area (Å²) in [5.74, 6) is -0.553. The number of hydrogen-bond donors (Lipinski definition) is 3. The van der Waals surface area contributed by atoms with Crippen LogP contribution < -0.4 is 0 Å². The Bertz CT molecular complexity index is 1720. The molecule has 0 rings (SSSR count). The molecule has 522 valence electrons. The van der Waals surface area contributed by atoms with Gasteiger partial charge in [0, 0.05) is 25.7 Å². The highest BCUT2D eigenvalue weighted by Gasteiger charge is 2.30. The Kier molecular flexibility index (Phi) is 59.9. The lowest BCUT2D eigenvalue weighted by Gasteiger charge is -2.21. The van der Waals surface area contributed by atoms with Gasteiger partial charge in [0.2, 0.25) is 0 Å². The van der Waals surface area contributed by atoms with Crippen molar-refractivity contribution >= 4 is 39.5 Å². The number of aliphatic hydroxyl groups excluding tert-OH is 1. The zero-order valence-corrected chi connectivity index (χ0v) is 58.8. The van der Waals surface area contributed by atoms with E-state index in [1.54, 1.807) is 0 Å². The first kappa shape index (κ1) is 86.1. The van der Waals surface area contributed by atoms with E-state index in [2.05, 4.69) is 41.5 Å². The summed E-state index contributed by atoms with van der Waals surface area (Å²) in [6.45, 7) is 9.48. The average Bonchev–Trinajstić information content (AvgIpc) is 3.62. The first-order valence-corrected chi connectivity index (χ1v) is 39.0. The van der Waals surface area contributed by atoms with Gasteiger partial charge < -0.3 is 33.8 Å². The largest absolute Gasteiger partial charge is 0.472 e. The summed E-state index contributed by atoms with van der Waals surface area (Å²) in [4.78, 5) is 72.2. The summed E-state index contributed by atoms with van der Waals surface area (Å²) in [6.07, 6.45) is 46.1. The van der Waals surface area contributed by atoms with Crippen LogP contribution in [0.2, 0.25) is 0 Å². The third kappa shape index (κ3) is 61.6. The number of esters is 4. The first-order chi connectivity index (χ1) is 42.4. The Morgan fingerprint density at radius 2 is 0.580 bits per heavy atom. The summed E-state index contributed by atoms with van der Waals surface area (Å²) in [7, 11) is -9.89. The van der Waals surface area contributed by atoms with Gasteiger partial charge in [-0.3, -0.25) is 37.3 Å². The Morgan fingerprint density at radius 3 is 0.864 bits per heavy atom. The van der Waals surface area contributed by atoms with Gasteiger partial charge in [-0.05, 0) is 37.5 Å². The van der Waals surface area contributed by atoms with Gasteiger partial charge in [0.15, 0.2) is 12.2 Å². The molecule has 3 N–H and O–H groups in total. The molecule has 0 radical (unpaired) electrons. The van der Waals surface area contributed by atoms with Crippen LogP contribution in [0, 0.1) is 11.8 Å². The second-order valence-electron chi connectivity index (χ2n) is 25.6. The summed E-state index contributed by atoms with van der Waals surface area (Å²) >= 11 is 0. The molecular formula is C69H134O17P2. The van der Waals surface area contributed by atoms with Crippen LogP contribution in [0.3, 0.4) is 0 Å². The number of ether oxygens (including phenoxy) is 4. The number of phosphoric ester groups is 2. The summed E-state index contributed by atoms with van der Waals surface area (Å²) in [5.41, 5.74) is 0. The van der Waals surface area contributed by atoms with Gasteiger partial charge in [-0.1, -0.05) is 298 Å². The summed E-state index contributed by atoms with van der Waals surface area (Å²) < 4.78 is 68.0. The van der Waals surface area contributed by atoms with Crippen LogP contribution in [-0.2, 0) is 65.4 Å². The van der Waals surface area contributed by atoms with Gasteiger partial charge in [0.25, 0.3) is 0 Å². The highest BCUT2D eigenvalue weighted by molar-refractivity contribution is 7.47. The van der Waals surface area contributed by atoms with Crippen molar-refractivity contribution in [2.45, 2.75) is 368 Å². The molecule has 0 spiro atoms. The second-order valence-corrected chi connectivity index (χ2v) is 28.5. The topological polar surface area (TPSA) is 237 Å². The molecule has 0 aromatic rings. The molecule has 19 heteroatoms. The molecular weight excluding hydrogens is 1160 g/mol. The van der Waals surface area contributed by atoms with Gasteiger partial charge in [-0.15, -0.1) is 0 Å². The van der Waals surface area contributed by atoms with E-state index in [1.807, 2.05) is 0 Å². The smallest absolute Gasteiger partial charge is 0.462 e. The van der Waals surface area contributed by atoms with Crippen molar-refractivity contribution in [3.05, 3.63) is 0 Å². The van der Waals surface area contributed by atoms with Crippen LogP contribution in [0.15, 0.2) is 0 Å². The summed E-state index contributed by atoms with van der Waals surface area (Å²) in [6, 6.07) is 0. The molecule has 0 saturated carbocycles. The maximum atomic E-state index is 13.0. The zero-order valence-electron chi connectivity index (χ0n) is 57.0. The standard InChI is InChI=1S/C69H134O17P2/c1-7-10-12-14-15-16-17-20-24-29-34-40-46-52-67(72)80-58-65(86-68(73)53-47-41-35-30-25-22-19-18-21-23-28-33-39-44-50-62(6)9-3)60-84-88(77,78)82-56-63(70)55-81-87(75,76)83-59-64(57-79-66(71)51-45-37-13-11-8-2)85-69(74)54-48-42-36-31-26-27-32-38-43-49-61(4)5/h61-65,70H,7-60H2,1-6H3,(H,75,76)(H,77,78)/t62?,63-,64+,65+/m0/s1. The SMILES string of the molecule is CCCCCCCCCCCCCCCC(=O)OC[C@H](COP(=O)(O)OC[C@@H](O)COP(=O)(O)OC[C@@H](COC(=O)CCCCCCC)OC(=O)CCCCCCCCCCCC(C)C)OC(=O)CCCCCCCCCCCCCCCCC(C)CC. The molecule has 0 saturated heterocycles. The van der Waals surface area contributed by atoms with Gasteiger partial charge in [0.1, 0.15) is 19.3 Å². The van der Waals surface area contributed by atoms with Crippen molar-refractivity contribution in [2.75, 3.05) is 39.6 Å². The lowest BCUT2D eigenvalue weighted by Crippen LogP contribution is -2.30. The molecule has 0 bridgehead atoms. The Balaban J connectivity index is 5.16. The van der Waals surface area contributed by atoms with Gasteiger partial charge in [-0.25, -0.2) is 9.13 Å². The molecule has 0 aliphatic rings. The highest BCUT2D eigenvalue weighted by Crippen LogP contribution is 2.45. The molecule has 0 fully saturated rings. The highest BCUT2D eigenvalue weighted by atomic mass is 31.2. The lowest BCUT2D eigenvalue weighted by molar-refractivity contribution is -0.161. The second kappa shape index (κ2) is 61.3. The van der Waals surface area contributed by atoms with E-state index in [-0.39, 0.29) is 25.7 Å². The Labute approximate surface area is 537 Å². The maximum absolute atomic E-state index is 13.0. The molecule has 0 aliphatic carbocycles. The van der Waals surface area contributed by atoms with Crippen LogP contribution in [-0.4, -0.2) is 96.7 Å². The van der Waals surface area contributed by atoms with Crippen LogP contribution in [0.25, 0.3) is 0 Å². The van der Waals surface area contributed by atoms with Crippen molar-refractivity contribution in [1.29, 1.82) is 0 Å². The number of aliphatic hydroxyl groups is 1. The van der Waals surface area contributed by atoms with Crippen LogP contribution in [0.4, 0.5) is 0 Å². The third-order valence-corrected chi connectivity index (χ3v) is 18.2. The number of unbranched alkanes of at least 4 members (excludes halogenated alkanes) is 37. The van der Waals surface area contributed by atoms with Crippen molar-refractivity contribution in [2.24, 2.45) is 11.8 Å². The number of hydrogen-bond acceptors (Lipinski definition) is 15. The Hall–Kier alpha value is -1.94. The number of carbonyl (C=O) groups is 4. The first-order valence-electron chi connectivity index (χ1n) is 36.0. The van der Waals surface area contributed by atoms with Crippen molar-refractivity contribution < 1.29 is 80.2 Å². The van der Waals surface area contributed by atoms with E-state index >= 15 is 0 Å².